The Hall–Kier alpha value is -3.41. The number of rotatable bonds is 65. The predicted molar refractivity (Wildman–Crippen MR) is 358 cm³/mol. The number of hydrogen-bond acceptors (Lipinski definition) is 6. The first-order valence-electron chi connectivity index (χ1n) is 35.6. The van der Waals surface area contributed by atoms with Crippen LogP contribution in [-0.4, -0.2) is 37.2 Å². The van der Waals surface area contributed by atoms with E-state index in [-0.39, 0.29) is 31.1 Å². The van der Waals surface area contributed by atoms with Crippen LogP contribution in [0.3, 0.4) is 0 Å². The molecule has 0 amide bonds. The maximum atomic E-state index is 13.0. The third-order valence-electron chi connectivity index (χ3n) is 15.7. The van der Waals surface area contributed by atoms with Crippen LogP contribution in [0.25, 0.3) is 0 Å². The average Bonchev–Trinajstić information content (AvgIpc) is 3.47. The summed E-state index contributed by atoms with van der Waals surface area (Å²) in [5.41, 5.74) is 0. The van der Waals surface area contributed by atoms with Crippen LogP contribution in [0, 0.1) is 0 Å². The molecule has 82 heavy (non-hydrogen) atoms. The molecule has 6 nitrogen and oxygen atoms in total. The minimum Gasteiger partial charge on any atom is -0.462 e. The Morgan fingerprint density at radius 1 is 0.256 bits per heavy atom. The molecule has 0 saturated heterocycles. The van der Waals surface area contributed by atoms with Gasteiger partial charge < -0.3 is 14.2 Å². The topological polar surface area (TPSA) is 78.9 Å². The molecular formula is C76H134O6. The van der Waals surface area contributed by atoms with Gasteiger partial charge in [-0.25, -0.2) is 0 Å². The highest BCUT2D eigenvalue weighted by Gasteiger charge is 2.19. The Kier molecular flexibility index (Phi) is 67.2. The Morgan fingerprint density at radius 2 is 0.476 bits per heavy atom. The van der Waals surface area contributed by atoms with Crippen LogP contribution in [0.5, 0.6) is 0 Å². The van der Waals surface area contributed by atoms with Crippen molar-refractivity contribution in [1.82, 2.24) is 0 Å². The van der Waals surface area contributed by atoms with E-state index in [1.165, 1.54) is 212 Å². The second-order valence-electron chi connectivity index (χ2n) is 23.8. The van der Waals surface area contributed by atoms with Gasteiger partial charge in [-0.2, -0.15) is 0 Å². The summed E-state index contributed by atoms with van der Waals surface area (Å²) in [6, 6.07) is 0. The molecule has 0 fully saturated rings. The van der Waals surface area contributed by atoms with Crippen molar-refractivity contribution in [3.8, 4) is 0 Å². The second-order valence-corrected chi connectivity index (χ2v) is 23.8. The Bertz CT molecular complexity index is 1550. The zero-order valence-corrected chi connectivity index (χ0v) is 54.5. The summed E-state index contributed by atoms with van der Waals surface area (Å²) in [5, 5.41) is 0. The Labute approximate surface area is 509 Å². The van der Waals surface area contributed by atoms with Gasteiger partial charge in [-0.15, -0.1) is 0 Å². The molecule has 0 aromatic carbocycles. The van der Waals surface area contributed by atoms with Crippen LogP contribution >= 0.6 is 0 Å². The molecule has 0 aliphatic heterocycles. The fourth-order valence-electron chi connectivity index (χ4n) is 10.4. The highest BCUT2D eigenvalue weighted by atomic mass is 16.6. The van der Waals surface area contributed by atoms with Crippen molar-refractivity contribution in [3.63, 3.8) is 0 Å². The van der Waals surface area contributed by atoms with Crippen LogP contribution in [0.1, 0.15) is 361 Å². The predicted octanol–water partition coefficient (Wildman–Crippen LogP) is 24.6. The number of carbonyl (C=O) groups is 3. The van der Waals surface area contributed by atoms with Gasteiger partial charge in [0.05, 0.1) is 0 Å². The molecule has 1 atom stereocenters. The summed E-state index contributed by atoms with van der Waals surface area (Å²) in [7, 11) is 0. The van der Waals surface area contributed by atoms with E-state index in [2.05, 4.69) is 106 Å². The molecule has 0 radical (unpaired) electrons. The largest absolute Gasteiger partial charge is 0.462 e. The zero-order chi connectivity index (χ0) is 59.2. The van der Waals surface area contributed by atoms with Crippen LogP contribution in [0.15, 0.2) is 85.1 Å². The number of esters is 3. The maximum Gasteiger partial charge on any atom is 0.306 e. The normalized spacial score (nSPS) is 12.6. The third-order valence-corrected chi connectivity index (χ3v) is 15.7. The first-order valence-corrected chi connectivity index (χ1v) is 35.6. The monoisotopic (exact) mass is 1140 g/mol. The standard InChI is InChI=1S/C76H134O6/c1-4-7-10-13-16-19-22-25-27-29-31-33-35-36-37-38-39-40-41-43-44-46-48-51-54-57-60-63-66-69-75(78)81-72-73(71-80-74(77)68-65-62-59-56-53-50-24-21-18-15-12-9-6-3)82-76(79)70-67-64-61-58-55-52-49-47-45-42-34-32-30-28-26-23-20-17-14-11-8-5-2/h7,10,16,19,25,27,31,33,36-37,39-40,43-44,73H,4-6,8-9,11-15,17-18,20-24,26,28-30,32,34-35,38,41-42,45-72H2,1-3H3/b10-7-,19-16-,27-25-,33-31-,37-36-,40-39-,44-43-. The number of unbranched alkanes of at least 4 members (excludes halogenated alkanes) is 40. The summed E-state index contributed by atoms with van der Waals surface area (Å²) in [6.07, 6.45) is 93.2. The van der Waals surface area contributed by atoms with Crippen molar-refractivity contribution in [2.75, 3.05) is 13.2 Å². The van der Waals surface area contributed by atoms with Gasteiger partial charge in [-0.1, -0.05) is 350 Å². The summed E-state index contributed by atoms with van der Waals surface area (Å²) < 4.78 is 17.0. The van der Waals surface area contributed by atoms with Crippen LogP contribution in [-0.2, 0) is 28.6 Å². The molecule has 0 spiro atoms. The highest BCUT2D eigenvalue weighted by Crippen LogP contribution is 2.18. The molecule has 0 saturated carbocycles. The van der Waals surface area contributed by atoms with E-state index in [0.717, 1.165) is 109 Å². The van der Waals surface area contributed by atoms with Gasteiger partial charge >= 0.3 is 17.9 Å². The summed E-state index contributed by atoms with van der Waals surface area (Å²) in [5.74, 6) is -0.864. The van der Waals surface area contributed by atoms with E-state index in [4.69, 9.17) is 14.2 Å². The number of ether oxygens (including phenoxy) is 3. The number of hydrogen-bond donors (Lipinski definition) is 0. The molecule has 1 unspecified atom stereocenters. The molecule has 6 heteroatoms. The van der Waals surface area contributed by atoms with Crippen molar-refractivity contribution in [3.05, 3.63) is 85.1 Å². The van der Waals surface area contributed by atoms with E-state index in [1.807, 2.05) is 0 Å². The Morgan fingerprint density at radius 3 is 0.744 bits per heavy atom. The molecule has 0 aromatic rings. The van der Waals surface area contributed by atoms with Crippen molar-refractivity contribution in [2.24, 2.45) is 0 Å². The van der Waals surface area contributed by atoms with Crippen molar-refractivity contribution < 1.29 is 28.6 Å². The molecule has 474 valence electrons. The van der Waals surface area contributed by atoms with Crippen LogP contribution in [0.4, 0.5) is 0 Å². The zero-order valence-electron chi connectivity index (χ0n) is 54.5. The summed E-state index contributed by atoms with van der Waals surface area (Å²) in [4.78, 5) is 38.4. The smallest absolute Gasteiger partial charge is 0.306 e. The van der Waals surface area contributed by atoms with Crippen molar-refractivity contribution >= 4 is 17.9 Å². The molecule has 0 aliphatic carbocycles. The molecule has 0 rings (SSSR count). The lowest BCUT2D eigenvalue weighted by molar-refractivity contribution is -0.167. The molecule has 0 aromatic heterocycles. The van der Waals surface area contributed by atoms with Gasteiger partial charge in [-0.05, 0) is 77.0 Å². The minimum absolute atomic E-state index is 0.0745. The SMILES string of the molecule is CC/C=C\C/C=C\C/C=C\C/C=C\C/C=C\C/C=C\C/C=C\CCCCCCCCCC(=O)OCC(COC(=O)CCCCCCCCCCCCCCC)OC(=O)CCCCCCCCCCCCCCCCCCCCCCCC. The van der Waals surface area contributed by atoms with Gasteiger partial charge in [-0.3, -0.25) is 14.4 Å². The van der Waals surface area contributed by atoms with E-state index in [9.17, 15) is 14.4 Å². The molecule has 0 N–H and O–H groups in total. The van der Waals surface area contributed by atoms with E-state index < -0.39 is 6.10 Å². The van der Waals surface area contributed by atoms with Crippen LogP contribution in [0.2, 0.25) is 0 Å². The van der Waals surface area contributed by atoms with Gasteiger partial charge in [0.1, 0.15) is 13.2 Å². The van der Waals surface area contributed by atoms with Gasteiger partial charge in [0, 0.05) is 19.3 Å². The van der Waals surface area contributed by atoms with Crippen molar-refractivity contribution in [1.29, 1.82) is 0 Å². The first kappa shape index (κ1) is 78.6. The van der Waals surface area contributed by atoms with Gasteiger partial charge in [0.25, 0.3) is 0 Å². The van der Waals surface area contributed by atoms with E-state index >= 15 is 0 Å². The number of carbonyl (C=O) groups excluding carboxylic acids is 3. The van der Waals surface area contributed by atoms with Gasteiger partial charge in [0.2, 0.25) is 0 Å². The lowest BCUT2D eigenvalue weighted by Crippen LogP contribution is -2.30. The second kappa shape index (κ2) is 70.1. The molecule has 0 aliphatic rings. The lowest BCUT2D eigenvalue weighted by atomic mass is 10.0. The average molecular weight is 1140 g/mol. The number of allylic oxidation sites excluding steroid dienone is 14. The fourth-order valence-corrected chi connectivity index (χ4v) is 10.4. The first-order chi connectivity index (χ1) is 40.5. The van der Waals surface area contributed by atoms with Crippen molar-refractivity contribution in [2.45, 2.75) is 367 Å². The third kappa shape index (κ3) is 67.4. The Balaban J connectivity index is 4.29. The van der Waals surface area contributed by atoms with Crippen LogP contribution < -0.4 is 0 Å². The fraction of sp³-hybridized carbons (Fsp3) is 0.776. The summed E-state index contributed by atoms with van der Waals surface area (Å²) >= 11 is 0. The van der Waals surface area contributed by atoms with Gasteiger partial charge in [0.15, 0.2) is 6.10 Å². The highest BCUT2D eigenvalue weighted by molar-refractivity contribution is 5.71. The minimum atomic E-state index is -0.779. The molecular weight excluding hydrogens is 1010 g/mol. The quantitative estimate of drug-likeness (QED) is 0.0261. The maximum absolute atomic E-state index is 13.0. The molecule has 0 heterocycles. The van der Waals surface area contributed by atoms with E-state index in [0.29, 0.717) is 19.3 Å². The summed E-state index contributed by atoms with van der Waals surface area (Å²) in [6.45, 7) is 6.57. The molecule has 0 bridgehead atoms. The lowest BCUT2D eigenvalue weighted by Gasteiger charge is -2.18. The van der Waals surface area contributed by atoms with E-state index in [1.54, 1.807) is 0 Å².